The molecule has 21 heavy (non-hydrogen) atoms. The Morgan fingerprint density at radius 2 is 1.90 bits per heavy atom. The summed E-state index contributed by atoms with van der Waals surface area (Å²) in [5, 5.41) is 11.5. The van der Waals surface area contributed by atoms with E-state index in [9.17, 15) is 9.59 Å². The smallest absolute Gasteiger partial charge is 0.354 e. The number of hydrogen-bond acceptors (Lipinski definition) is 3. The van der Waals surface area contributed by atoms with E-state index in [1.807, 2.05) is 18.2 Å². The van der Waals surface area contributed by atoms with Gasteiger partial charge in [0.15, 0.2) is 0 Å². The molecule has 5 heteroatoms. The Bertz CT molecular complexity index is 708. The number of fused-ring (bicyclic) bond motifs is 1. The number of carbonyl (C=O) groups excluding carboxylic acids is 1. The summed E-state index contributed by atoms with van der Waals surface area (Å²) in [5.41, 5.74) is 3.59. The zero-order valence-electron chi connectivity index (χ0n) is 11.3. The van der Waals surface area contributed by atoms with Crippen LogP contribution >= 0.6 is 0 Å². The molecule has 2 aromatic rings. The molecule has 0 bridgehead atoms. The number of nitrogens with zero attached hydrogens (tertiary/aromatic N) is 1. The molecule has 3 rings (SSSR count). The van der Waals surface area contributed by atoms with Crippen molar-refractivity contribution in [3.05, 3.63) is 58.9 Å². The summed E-state index contributed by atoms with van der Waals surface area (Å²) in [4.78, 5) is 26.7. The average Bonchev–Trinajstić information content (AvgIpc) is 2.95. The summed E-state index contributed by atoms with van der Waals surface area (Å²) in [6.45, 7) is 0. The maximum absolute atomic E-state index is 12.2. The maximum atomic E-state index is 12.2. The van der Waals surface area contributed by atoms with E-state index in [0.717, 1.165) is 19.3 Å². The average molecular weight is 282 g/mol. The number of rotatable bonds is 3. The largest absolute Gasteiger partial charge is 0.477 e. The normalized spacial score (nSPS) is 12.8. The molecule has 5 nitrogen and oxygen atoms in total. The van der Waals surface area contributed by atoms with Crippen LogP contribution in [0.5, 0.6) is 0 Å². The van der Waals surface area contributed by atoms with E-state index in [4.69, 9.17) is 5.11 Å². The third-order valence-corrected chi connectivity index (χ3v) is 3.60. The van der Waals surface area contributed by atoms with Crippen molar-refractivity contribution >= 4 is 17.6 Å². The predicted octanol–water partition coefficient (Wildman–Crippen LogP) is 2.52. The molecule has 1 aliphatic rings. The Morgan fingerprint density at radius 1 is 1.10 bits per heavy atom. The summed E-state index contributed by atoms with van der Waals surface area (Å²) < 4.78 is 0. The van der Waals surface area contributed by atoms with Crippen LogP contribution < -0.4 is 5.32 Å². The minimum Gasteiger partial charge on any atom is -0.477 e. The minimum atomic E-state index is -1.09. The van der Waals surface area contributed by atoms with Crippen LogP contribution in [0.2, 0.25) is 0 Å². The second-order valence-corrected chi connectivity index (χ2v) is 5.03. The molecule has 2 N–H and O–H groups in total. The fraction of sp³-hybridized carbons (Fsp3) is 0.188. The van der Waals surface area contributed by atoms with Crippen molar-refractivity contribution in [2.45, 2.75) is 19.3 Å². The Labute approximate surface area is 121 Å². The van der Waals surface area contributed by atoms with Crippen LogP contribution in [0.4, 0.5) is 5.69 Å². The number of carboxylic acids is 1. The van der Waals surface area contributed by atoms with Gasteiger partial charge in [0.25, 0.3) is 5.91 Å². The van der Waals surface area contributed by atoms with Crippen molar-refractivity contribution in [1.29, 1.82) is 0 Å². The van der Waals surface area contributed by atoms with E-state index in [-0.39, 0.29) is 11.6 Å². The minimum absolute atomic E-state index is 0.0504. The maximum Gasteiger partial charge on any atom is 0.354 e. The zero-order valence-corrected chi connectivity index (χ0v) is 11.3. The van der Waals surface area contributed by atoms with Gasteiger partial charge < -0.3 is 10.4 Å². The number of pyridine rings is 1. The van der Waals surface area contributed by atoms with Crippen LogP contribution in [0, 0.1) is 0 Å². The van der Waals surface area contributed by atoms with Crippen molar-refractivity contribution in [2.75, 3.05) is 5.32 Å². The van der Waals surface area contributed by atoms with Crippen molar-refractivity contribution in [3.63, 3.8) is 0 Å². The fourth-order valence-corrected chi connectivity index (χ4v) is 2.51. The predicted molar refractivity (Wildman–Crippen MR) is 77.6 cm³/mol. The monoisotopic (exact) mass is 282 g/mol. The van der Waals surface area contributed by atoms with Crippen LogP contribution in [-0.4, -0.2) is 22.0 Å². The van der Waals surface area contributed by atoms with E-state index in [1.54, 1.807) is 0 Å². The summed E-state index contributed by atoms with van der Waals surface area (Å²) in [6, 6.07) is 8.64. The summed E-state index contributed by atoms with van der Waals surface area (Å²) in [5.74, 6) is -1.30. The molecule has 0 atom stereocenters. The molecular formula is C16H14N2O3. The van der Waals surface area contributed by atoms with Crippen molar-refractivity contribution in [2.24, 2.45) is 0 Å². The third kappa shape index (κ3) is 2.76. The molecule has 0 unspecified atom stereocenters. The highest BCUT2D eigenvalue weighted by Crippen LogP contribution is 2.23. The lowest BCUT2D eigenvalue weighted by molar-refractivity contribution is 0.0690. The molecular weight excluding hydrogens is 268 g/mol. The van der Waals surface area contributed by atoms with Crippen LogP contribution in [0.1, 0.15) is 38.4 Å². The number of aryl methyl sites for hydroxylation is 2. The molecule has 0 aliphatic heterocycles. The molecule has 1 amide bonds. The van der Waals surface area contributed by atoms with E-state index >= 15 is 0 Å². The van der Waals surface area contributed by atoms with Crippen molar-refractivity contribution in [3.8, 4) is 0 Å². The van der Waals surface area contributed by atoms with Gasteiger partial charge in [-0.3, -0.25) is 4.79 Å². The van der Waals surface area contributed by atoms with Crippen LogP contribution in [0.3, 0.4) is 0 Å². The lowest BCUT2D eigenvalue weighted by Crippen LogP contribution is -2.13. The van der Waals surface area contributed by atoms with Gasteiger partial charge in [0.1, 0.15) is 5.69 Å². The van der Waals surface area contributed by atoms with Gasteiger partial charge in [0.2, 0.25) is 0 Å². The number of hydrogen-bond donors (Lipinski definition) is 2. The Balaban J connectivity index is 1.75. The van der Waals surface area contributed by atoms with Crippen molar-refractivity contribution in [1.82, 2.24) is 4.98 Å². The number of aromatic nitrogens is 1. The second kappa shape index (κ2) is 5.36. The van der Waals surface area contributed by atoms with Gasteiger partial charge in [0.05, 0.1) is 11.9 Å². The van der Waals surface area contributed by atoms with Gasteiger partial charge in [-0.2, -0.15) is 0 Å². The molecule has 1 heterocycles. The van der Waals surface area contributed by atoms with E-state index in [2.05, 4.69) is 10.3 Å². The number of anilines is 1. The molecule has 0 fully saturated rings. The van der Waals surface area contributed by atoms with Gasteiger partial charge in [-0.15, -0.1) is 0 Å². The molecule has 1 aliphatic carbocycles. The first-order valence-electron chi connectivity index (χ1n) is 6.76. The van der Waals surface area contributed by atoms with Crippen LogP contribution in [-0.2, 0) is 12.8 Å². The molecule has 1 aromatic carbocycles. The number of nitrogens with one attached hydrogen (secondary N) is 1. The molecule has 106 valence electrons. The first-order valence-corrected chi connectivity index (χ1v) is 6.76. The van der Waals surface area contributed by atoms with Crippen LogP contribution in [0.15, 0.2) is 36.5 Å². The van der Waals surface area contributed by atoms with Gasteiger partial charge in [-0.25, -0.2) is 9.78 Å². The number of amides is 1. The van der Waals surface area contributed by atoms with Crippen LogP contribution in [0.25, 0.3) is 0 Å². The number of aromatic carboxylic acids is 1. The van der Waals surface area contributed by atoms with Crippen molar-refractivity contribution < 1.29 is 14.7 Å². The molecule has 0 saturated heterocycles. The highest BCUT2D eigenvalue weighted by molar-refractivity contribution is 6.04. The molecule has 1 aromatic heterocycles. The SMILES string of the molecule is O=C(Nc1ccc(C(=O)O)nc1)c1ccc2c(c1)CCC2. The Morgan fingerprint density at radius 3 is 2.62 bits per heavy atom. The molecule has 0 spiro atoms. The number of carbonyl (C=O) groups is 2. The van der Waals surface area contributed by atoms with E-state index in [1.165, 1.54) is 29.5 Å². The van der Waals surface area contributed by atoms with Gasteiger partial charge >= 0.3 is 5.97 Å². The fourth-order valence-electron chi connectivity index (χ4n) is 2.51. The number of benzene rings is 1. The third-order valence-electron chi connectivity index (χ3n) is 3.60. The highest BCUT2D eigenvalue weighted by Gasteiger charge is 2.14. The molecule has 0 radical (unpaired) electrons. The van der Waals surface area contributed by atoms with E-state index < -0.39 is 5.97 Å². The standard InChI is InChI=1S/C16H14N2O3/c19-15(12-5-4-10-2-1-3-11(10)8-12)18-13-6-7-14(16(20)21)17-9-13/h4-9H,1-3H2,(H,18,19)(H,20,21). The molecule has 0 saturated carbocycles. The van der Waals surface area contributed by atoms with Gasteiger partial charge in [-0.05, 0) is 54.7 Å². The second-order valence-electron chi connectivity index (χ2n) is 5.03. The topological polar surface area (TPSA) is 79.3 Å². The summed E-state index contributed by atoms with van der Waals surface area (Å²) in [7, 11) is 0. The lowest BCUT2D eigenvalue weighted by Gasteiger charge is -2.07. The summed E-state index contributed by atoms with van der Waals surface area (Å²) >= 11 is 0. The first kappa shape index (κ1) is 13.3. The van der Waals surface area contributed by atoms with E-state index in [0.29, 0.717) is 11.3 Å². The Hall–Kier alpha value is -2.69. The van der Waals surface area contributed by atoms with Gasteiger partial charge in [-0.1, -0.05) is 6.07 Å². The first-order chi connectivity index (χ1) is 10.1. The Kier molecular flexibility index (Phi) is 3.39. The van der Waals surface area contributed by atoms with Gasteiger partial charge in [0, 0.05) is 5.56 Å². The zero-order chi connectivity index (χ0) is 14.8. The quantitative estimate of drug-likeness (QED) is 0.906. The lowest BCUT2D eigenvalue weighted by atomic mass is 10.1. The number of carboxylic acid groups (broad SMARTS) is 1. The highest BCUT2D eigenvalue weighted by atomic mass is 16.4. The summed E-state index contributed by atoms with van der Waals surface area (Å²) in [6.07, 6.45) is 4.58.